The Kier molecular flexibility index (Phi) is 3.83. The van der Waals surface area contributed by atoms with Gasteiger partial charge in [-0.15, -0.1) is 0 Å². The van der Waals surface area contributed by atoms with Gasteiger partial charge in [-0.3, -0.25) is 0 Å². The van der Waals surface area contributed by atoms with Crippen LogP contribution in [0.3, 0.4) is 0 Å². The second kappa shape index (κ2) is 5.55. The quantitative estimate of drug-likeness (QED) is 0.828. The molecule has 90 valence electrons. The van der Waals surface area contributed by atoms with Crippen LogP contribution in [0.5, 0.6) is 5.75 Å². The summed E-state index contributed by atoms with van der Waals surface area (Å²) < 4.78 is 5.36. The molecule has 0 fully saturated rings. The Balaban J connectivity index is 2.01. The molecule has 0 aliphatic carbocycles. The molecule has 0 amide bonds. The average molecular weight is 230 g/mol. The number of benzene rings is 1. The Morgan fingerprint density at radius 2 is 2.06 bits per heavy atom. The molecule has 1 heterocycles. The molecular weight excluding hydrogens is 212 g/mol. The summed E-state index contributed by atoms with van der Waals surface area (Å²) in [5, 5.41) is 3.46. The smallest absolute Gasteiger partial charge is 0.123 e. The van der Waals surface area contributed by atoms with Gasteiger partial charge in [0.15, 0.2) is 0 Å². The van der Waals surface area contributed by atoms with Crippen LogP contribution in [0.15, 0.2) is 42.6 Å². The summed E-state index contributed by atoms with van der Waals surface area (Å²) in [5.74, 6) is 0.930. The summed E-state index contributed by atoms with van der Waals surface area (Å²) >= 11 is 0. The van der Waals surface area contributed by atoms with Crippen LogP contribution >= 0.6 is 0 Å². The van der Waals surface area contributed by atoms with E-state index in [4.69, 9.17) is 4.74 Å². The van der Waals surface area contributed by atoms with Crippen molar-refractivity contribution in [3.05, 3.63) is 53.9 Å². The zero-order valence-electron chi connectivity index (χ0n) is 10.2. The Labute approximate surface area is 102 Å². The third-order valence-corrected chi connectivity index (χ3v) is 2.87. The normalized spacial score (nSPS) is 12.4. The van der Waals surface area contributed by atoms with E-state index in [1.165, 1.54) is 11.3 Å². The predicted molar refractivity (Wildman–Crippen MR) is 69.0 cm³/mol. The Morgan fingerprint density at radius 1 is 1.24 bits per heavy atom. The number of nitrogens with one attached hydrogen (secondary N) is 2. The maximum Gasteiger partial charge on any atom is 0.123 e. The maximum atomic E-state index is 5.36. The highest BCUT2D eigenvalue weighted by Crippen LogP contribution is 2.24. The highest BCUT2D eigenvalue weighted by molar-refractivity contribution is 5.35. The molecule has 2 N–H and O–H groups in total. The van der Waals surface area contributed by atoms with Gasteiger partial charge >= 0.3 is 0 Å². The van der Waals surface area contributed by atoms with Gasteiger partial charge in [-0.25, -0.2) is 0 Å². The SMILES string of the molecule is COc1ccccc1C(C)NCc1ccc[nH]1. The first kappa shape index (κ1) is 11.7. The molecule has 0 saturated heterocycles. The van der Waals surface area contributed by atoms with Crippen molar-refractivity contribution >= 4 is 0 Å². The molecule has 0 saturated carbocycles. The van der Waals surface area contributed by atoms with E-state index in [1.807, 2.05) is 30.5 Å². The molecule has 0 bridgehead atoms. The van der Waals surface area contributed by atoms with Gasteiger partial charge < -0.3 is 15.0 Å². The lowest BCUT2D eigenvalue weighted by atomic mass is 10.1. The fourth-order valence-corrected chi connectivity index (χ4v) is 1.87. The third kappa shape index (κ3) is 2.88. The molecule has 0 radical (unpaired) electrons. The van der Waals surface area contributed by atoms with Crippen molar-refractivity contribution < 1.29 is 4.74 Å². The molecule has 1 aromatic heterocycles. The Bertz CT molecular complexity index is 451. The molecule has 0 spiro atoms. The summed E-state index contributed by atoms with van der Waals surface area (Å²) in [6.45, 7) is 2.97. The summed E-state index contributed by atoms with van der Waals surface area (Å²) in [7, 11) is 1.70. The van der Waals surface area contributed by atoms with Crippen LogP contribution < -0.4 is 10.1 Å². The van der Waals surface area contributed by atoms with Crippen molar-refractivity contribution in [3.63, 3.8) is 0 Å². The van der Waals surface area contributed by atoms with E-state index < -0.39 is 0 Å². The lowest BCUT2D eigenvalue weighted by Crippen LogP contribution is -2.18. The number of aromatic nitrogens is 1. The minimum atomic E-state index is 0.259. The van der Waals surface area contributed by atoms with E-state index in [-0.39, 0.29) is 6.04 Å². The van der Waals surface area contributed by atoms with Gasteiger partial charge in [0.1, 0.15) is 5.75 Å². The van der Waals surface area contributed by atoms with E-state index in [2.05, 4.69) is 29.4 Å². The summed E-state index contributed by atoms with van der Waals surface area (Å²) in [4.78, 5) is 3.18. The van der Waals surface area contributed by atoms with Gasteiger partial charge in [0.05, 0.1) is 7.11 Å². The summed E-state index contributed by atoms with van der Waals surface area (Å²) in [6.07, 6.45) is 1.94. The molecule has 2 rings (SSSR count). The zero-order chi connectivity index (χ0) is 12.1. The number of aromatic amines is 1. The van der Waals surface area contributed by atoms with Gasteiger partial charge in [-0.2, -0.15) is 0 Å². The van der Waals surface area contributed by atoms with Gasteiger partial charge in [-0.05, 0) is 25.1 Å². The Hall–Kier alpha value is -1.74. The molecule has 17 heavy (non-hydrogen) atoms. The van der Waals surface area contributed by atoms with Gasteiger partial charge in [-0.1, -0.05) is 18.2 Å². The van der Waals surface area contributed by atoms with Crippen molar-refractivity contribution in [2.24, 2.45) is 0 Å². The number of methoxy groups -OCH3 is 1. The molecule has 3 heteroatoms. The molecule has 1 atom stereocenters. The molecule has 3 nitrogen and oxygen atoms in total. The third-order valence-electron chi connectivity index (χ3n) is 2.87. The van der Waals surface area contributed by atoms with Crippen LogP contribution in [0.1, 0.15) is 24.2 Å². The highest BCUT2D eigenvalue weighted by atomic mass is 16.5. The number of rotatable bonds is 5. The van der Waals surface area contributed by atoms with Crippen molar-refractivity contribution in [2.75, 3.05) is 7.11 Å². The van der Waals surface area contributed by atoms with Crippen LogP contribution in [0.25, 0.3) is 0 Å². The minimum Gasteiger partial charge on any atom is -0.496 e. The molecule has 2 aromatic rings. The van der Waals surface area contributed by atoms with E-state index in [1.54, 1.807) is 7.11 Å². The van der Waals surface area contributed by atoms with Gasteiger partial charge in [0, 0.05) is 30.0 Å². The number of hydrogen-bond acceptors (Lipinski definition) is 2. The summed E-state index contributed by atoms with van der Waals surface area (Å²) in [5.41, 5.74) is 2.37. The molecule has 0 aliphatic rings. The number of hydrogen-bond donors (Lipinski definition) is 2. The van der Waals surface area contributed by atoms with Crippen LogP contribution in [-0.2, 0) is 6.54 Å². The monoisotopic (exact) mass is 230 g/mol. The van der Waals surface area contributed by atoms with Crippen LogP contribution in [0, 0.1) is 0 Å². The van der Waals surface area contributed by atoms with Crippen LogP contribution in [0.2, 0.25) is 0 Å². The second-order valence-corrected chi connectivity index (χ2v) is 4.04. The number of ether oxygens (including phenoxy) is 1. The fraction of sp³-hybridized carbons (Fsp3) is 0.286. The number of H-pyrrole nitrogens is 1. The average Bonchev–Trinajstić information content (AvgIpc) is 2.89. The second-order valence-electron chi connectivity index (χ2n) is 4.04. The standard InChI is InChI=1S/C14H18N2O/c1-11(16-10-12-6-5-9-15-12)13-7-3-4-8-14(13)17-2/h3-9,11,15-16H,10H2,1-2H3. The topological polar surface area (TPSA) is 37.0 Å². The lowest BCUT2D eigenvalue weighted by Gasteiger charge is -2.16. The Morgan fingerprint density at radius 3 is 2.76 bits per heavy atom. The van der Waals surface area contributed by atoms with Crippen molar-refractivity contribution in [3.8, 4) is 5.75 Å². The molecular formula is C14H18N2O. The first-order valence-electron chi connectivity index (χ1n) is 5.80. The number of para-hydroxylation sites is 1. The van der Waals surface area contributed by atoms with E-state index in [9.17, 15) is 0 Å². The fourth-order valence-electron chi connectivity index (χ4n) is 1.87. The lowest BCUT2D eigenvalue weighted by molar-refractivity contribution is 0.401. The zero-order valence-corrected chi connectivity index (χ0v) is 10.2. The van der Waals surface area contributed by atoms with Gasteiger partial charge in [0.2, 0.25) is 0 Å². The van der Waals surface area contributed by atoms with E-state index in [0.717, 1.165) is 12.3 Å². The highest BCUT2D eigenvalue weighted by Gasteiger charge is 2.09. The van der Waals surface area contributed by atoms with Crippen molar-refractivity contribution in [2.45, 2.75) is 19.5 Å². The van der Waals surface area contributed by atoms with Crippen molar-refractivity contribution in [1.29, 1.82) is 0 Å². The maximum absolute atomic E-state index is 5.36. The van der Waals surface area contributed by atoms with E-state index >= 15 is 0 Å². The first-order chi connectivity index (χ1) is 8.31. The molecule has 1 aromatic carbocycles. The molecule has 0 aliphatic heterocycles. The molecule has 1 unspecified atom stereocenters. The minimum absolute atomic E-state index is 0.259. The first-order valence-corrected chi connectivity index (χ1v) is 5.80. The summed E-state index contributed by atoms with van der Waals surface area (Å²) in [6, 6.07) is 12.4. The van der Waals surface area contributed by atoms with E-state index in [0.29, 0.717) is 0 Å². The van der Waals surface area contributed by atoms with Crippen LogP contribution in [0.4, 0.5) is 0 Å². The van der Waals surface area contributed by atoms with Crippen LogP contribution in [-0.4, -0.2) is 12.1 Å². The van der Waals surface area contributed by atoms with Crippen molar-refractivity contribution in [1.82, 2.24) is 10.3 Å². The van der Waals surface area contributed by atoms with Gasteiger partial charge in [0.25, 0.3) is 0 Å². The largest absolute Gasteiger partial charge is 0.496 e. The predicted octanol–water partition coefficient (Wildman–Crippen LogP) is 2.87.